The molecule has 0 aliphatic rings. The fraction of sp³-hybridized carbons (Fsp3) is 0.636. The molecule has 0 fully saturated rings. The quantitative estimate of drug-likeness (QED) is 0.399. The zero-order valence-corrected chi connectivity index (χ0v) is 8.09. The van der Waals surface area contributed by atoms with Crippen molar-refractivity contribution < 1.29 is 4.74 Å². The first kappa shape index (κ1) is 11.4. The summed E-state index contributed by atoms with van der Waals surface area (Å²) in [6.45, 7) is 7.51. The average molecular weight is 168 g/mol. The van der Waals surface area contributed by atoms with Crippen molar-refractivity contribution in [2.45, 2.75) is 32.6 Å². The second-order valence-electron chi connectivity index (χ2n) is 2.71. The highest BCUT2D eigenvalue weighted by Crippen LogP contribution is 1.92. The minimum Gasteiger partial charge on any atom is -0.381 e. The van der Waals surface area contributed by atoms with E-state index in [2.05, 4.69) is 25.7 Å². The molecule has 12 heavy (non-hydrogen) atoms. The summed E-state index contributed by atoms with van der Waals surface area (Å²) in [7, 11) is 0. The number of unbranched alkanes of at least 4 members (excludes halogenated alkanes) is 1. The minimum absolute atomic E-state index is 0.855. The molecule has 0 amide bonds. The summed E-state index contributed by atoms with van der Waals surface area (Å²) in [5.41, 5.74) is 0. The van der Waals surface area contributed by atoms with Gasteiger partial charge in [0.15, 0.2) is 0 Å². The lowest BCUT2D eigenvalue weighted by Gasteiger charge is -1.99. The second kappa shape index (κ2) is 10.4. The van der Waals surface area contributed by atoms with Gasteiger partial charge in [0, 0.05) is 6.61 Å². The van der Waals surface area contributed by atoms with Gasteiger partial charge in [-0.3, -0.25) is 0 Å². The van der Waals surface area contributed by atoms with E-state index >= 15 is 0 Å². The van der Waals surface area contributed by atoms with Crippen molar-refractivity contribution >= 4 is 0 Å². The number of hydrogen-bond acceptors (Lipinski definition) is 1. The molecule has 0 atom stereocenters. The van der Waals surface area contributed by atoms with Crippen LogP contribution in [0.25, 0.3) is 0 Å². The Hall–Kier alpha value is -0.560. The van der Waals surface area contributed by atoms with Gasteiger partial charge < -0.3 is 4.74 Å². The molecule has 0 aliphatic heterocycles. The van der Waals surface area contributed by atoms with Crippen LogP contribution >= 0.6 is 0 Å². The zero-order chi connectivity index (χ0) is 9.07. The Morgan fingerprint density at radius 1 is 1.17 bits per heavy atom. The molecule has 0 spiro atoms. The van der Waals surface area contributed by atoms with Crippen molar-refractivity contribution in [3.05, 3.63) is 24.8 Å². The molecule has 1 heteroatoms. The third-order valence-corrected chi connectivity index (χ3v) is 1.53. The van der Waals surface area contributed by atoms with E-state index < -0.39 is 0 Å². The van der Waals surface area contributed by atoms with E-state index in [-0.39, 0.29) is 0 Å². The summed E-state index contributed by atoms with van der Waals surface area (Å²) in [6, 6.07) is 0. The summed E-state index contributed by atoms with van der Waals surface area (Å²) in [5, 5.41) is 0. The van der Waals surface area contributed by atoms with Gasteiger partial charge in [0.2, 0.25) is 0 Å². The van der Waals surface area contributed by atoms with Crippen LogP contribution in [-0.2, 0) is 4.74 Å². The Morgan fingerprint density at radius 3 is 2.67 bits per heavy atom. The molecule has 0 radical (unpaired) electrons. The molecule has 0 heterocycles. The van der Waals surface area contributed by atoms with Crippen molar-refractivity contribution in [2.24, 2.45) is 0 Å². The predicted molar refractivity (Wildman–Crippen MR) is 54.3 cm³/mol. The van der Waals surface area contributed by atoms with Crippen molar-refractivity contribution in [2.75, 3.05) is 13.2 Å². The maximum Gasteiger partial charge on any atom is 0.0500 e. The van der Waals surface area contributed by atoms with Crippen LogP contribution in [0.3, 0.4) is 0 Å². The van der Waals surface area contributed by atoms with Crippen molar-refractivity contribution in [1.82, 2.24) is 0 Å². The summed E-state index contributed by atoms with van der Waals surface area (Å²) in [4.78, 5) is 0. The van der Waals surface area contributed by atoms with Gasteiger partial charge in [-0.15, -0.1) is 6.58 Å². The fourth-order valence-corrected chi connectivity index (χ4v) is 0.868. The molecular formula is C11H20O. The Bertz CT molecular complexity index is 116. The van der Waals surface area contributed by atoms with E-state index in [0.29, 0.717) is 0 Å². The number of allylic oxidation sites excluding steroid dienone is 2. The Morgan fingerprint density at radius 2 is 2.00 bits per heavy atom. The van der Waals surface area contributed by atoms with Crippen LogP contribution in [0.15, 0.2) is 24.8 Å². The normalized spacial score (nSPS) is 10.8. The lowest BCUT2D eigenvalue weighted by atomic mass is 10.3. The highest BCUT2D eigenvalue weighted by molar-refractivity contribution is 4.79. The minimum atomic E-state index is 0.855. The van der Waals surface area contributed by atoms with E-state index in [1.807, 2.05) is 6.08 Å². The van der Waals surface area contributed by atoms with Crippen LogP contribution in [0.1, 0.15) is 32.6 Å². The topological polar surface area (TPSA) is 9.23 Å². The van der Waals surface area contributed by atoms with Gasteiger partial charge in [-0.25, -0.2) is 0 Å². The molecule has 0 aromatic rings. The van der Waals surface area contributed by atoms with Crippen molar-refractivity contribution in [3.63, 3.8) is 0 Å². The number of hydrogen-bond donors (Lipinski definition) is 0. The highest BCUT2D eigenvalue weighted by atomic mass is 16.5. The molecule has 70 valence electrons. The molecule has 1 nitrogen and oxygen atoms in total. The Balaban J connectivity index is 2.90. The zero-order valence-electron chi connectivity index (χ0n) is 8.09. The van der Waals surface area contributed by atoms with Gasteiger partial charge in [-0.2, -0.15) is 0 Å². The number of rotatable bonds is 8. The molecular weight excluding hydrogens is 148 g/mol. The van der Waals surface area contributed by atoms with E-state index in [4.69, 9.17) is 4.74 Å². The van der Waals surface area contributed by atoms with Crippen LogP contribution in [0.5, 0.6) is 0 Å². The molecule has 0 saturated heterocycles. The summed E-state index contributed by atoms with van der Waals surface area (Å²) >= 11 is 0. The van der Waals surface area contributed by atoms with E-state index in [9.17, 15) is 0 Å². The lowest BCUT2D eigenvalue weighted by Crippen LogP contribution is -1.94. The Labute approximate surface area is 76.1 Å². The summed E-state index contributed by atoms with van der Waals surface area (Å²) in [5.74, 6) is 0. The van der Waals surface area contributed by atoms with E-state index in [0.717, 1.165) is 38.9 Å². The molecule has 0 aromatic heterocycles. The molecule has 0 bridgehead atoms. The molecule has 0 N–H and O–H groups in total. The molecule has 0 unspecified atom stereocenters. The average Bonchev–Trinajstić information content (AvgIpc) is 2.10. The third-order valence-electron chi connectivity index (χ3n) is 1.53. The maximum atomic E-state index is 5.38. The first-order valence-corrected chi connectivity index (χ1v) is 4.75. The largest absolute Gasteiger partial charge is 0.381 e. The van der Waals surface area contributed by atoms with Gasteiger partial charge in [0.1, 0.15) is 0 Å². The summed E-state index contributed by atoms with van der Waals surface area (Å²) in [6.07, 6.45) is 10.6. The molecule has 0 aromatic carbocycles. The van der Waals surface area contributed by atoms with E-state index in [1.165, 1.54) is 0 Å². The van der Waals surface area contributed by atoms with Crippen LogP contribution in [-0.4, -0.2) is 13.2 Å². The van der Waals surface area contributed by atoms with Gasteiger partial charge in [0.25, 0.3) is 0 Å². The Kier molecular flexibility index (Phi) is 9.95. The van der Waals surface area contributed by atoms with Gasteiger partial charge in [-0.05, 0) is 25.7 Å². The van der Waals surface area contributed by atoms with Crippen LogP contribution in [0, 0.1) is 0 Å². The van der Waals surface area contributed by atoms with Gasteiger partial charge >= 0.3 is 0 Å². The second-order valence-corrected chi connectivity index (χ2v) is 2.71. The third kappa shape index (κ3) is 9.44. The SMILES string of the molecule is C=CCCCOCC/C=C/CC. The first-order valence-electron chi connectivity index (χ1n) is 4.75. The standard InChI is InChI=1S/C11H20O/c1-3-5-7-9-11-12-10-8-6-4-2/h4-5,7H,2-3,6,8-11H2,1H3/b7-5+. The molecule has 0 rings (SSSR count). The summed E-state index contributed by atoms with van der Waals surface area (Å²) < 4.78 is 5.38. The fourth-order valence-electron chi connectivity index (χ4n) is 0.868. The van der Waals surface area contributed by atoms with Crippen LogP contribution in [0.2, 0.25) is 0 Å². The van der Waals surface area contributed by atoms with Crippen molar-refractivity contribution in [1.29, 1.82) is 0 Å². The predicted octanol–water partition coefficient (Wildman–Crippen LogP) is 3.33. The van der Waals surface area contributed by atoms with Crippen molar-refractivity contribution in [3.8, 4) is 0 Å². The van der Waals surface area contributed by atoms with Gasteiger partial charge in [0.05, 0.1) is 6.61 Å². The molecule has 0 aliphatic carbocycles. The monoisotopic (exact) mass is 168 g/mol. The van der Waals surface area contributed by atoms with Crippen LogP contribution in [0.4, 0.5) is 0 Å². The van der Waals surface area contributed by atoms with E-state index in [1.54, 1.807) is 0 Å². The molecule has 0 saturated carbocycles. The maximum absolute atomic E-state index is 5.38. The first-order chi connectivity index (χ1) is 5.91. The lowest BCUT2D eigenvalue weighted by molar-refractivity contribution is 0.137. The highest BCUT2D eigenvalue weighted by Gasteiger charge is 1.84. The van der Waals surface area contributed by atoms with Crippen LogP contribution < -0.4 is 0 Å². The van der Waals surface area contributed by atoms with Gasteiger partial charge in [-0.1, -0.05) is 25.2 Å². The number of ether oxygens (including phenoxy) is 1. The smallest absolute Gasteiger partial charge is 0.0500 e.